The lowest BCUT2D eigenvalue weighted by molar-refractivity contribution is -0.0405. The van der Waals surface area contributed by atoms with Crippen molar-refractivity contribution >= 4 is 0 Å². The zero-order valence-electron chi connectivity index (χ0n) is 11.7. The molecule has 0 spiro atoms. The van der Waals surface area contributed by atoms with E-state index < -0.39 is 0 Å². The summed E-state index contributed by atoms with van der Waals surface area (Å²) in [6, 6.07) is 10.3. The molecule has 0 amide bonds. The van der Waals surface area contributed by atoms with E-state index in [2.05, 4.69) is 17.0 Å². The molecule has 0 aromatic heterocycles. The van der Waals surface area contributed by atoms with Crippen LogP contribution in [-0.4, -0.2) is 28.6 Å². The van der Waals surface area contributed by atoms with Crippen molar-refractivity contribution in [1.82, 2.24) is 4.90 Å². The van der Waals surface area contributed by atoms with E-state index in [1.54, 1.807) is 0 Å². The van der Waals surface area contributed by atoms with Crippen LogP contribution >= 0.6 is 0 Å². The van der Waals surface area contributed by atoms with E-state index in [1.807, 2.05) is 18.2 Å². The molecule has 1 aliphatic carbocycles. The normalized spacial score (nSPS) is 25.3. The van der Waals surface area contributed by atoms with E-state index in [0.717, 1.165) is 18.4 Å². The van der Waals surface area contributed by atoms with Crippen molar-refractivity contribution in [2.45, 2.75) is 56.6 Å². The lowest BCUT2D eigenvalue weighted by Crippen LogP contribution is -2.53. The molecule has 1 unspecified atom stereocenters. The van der Waals surface area contributed by atoms with Crippen LogP contribution in [0.4, 0.5) is 0 Å². The van der Waals surface area contributed by atoms with E-state index in [4.69, 9.17) is 0 Å². The van der Waals surface area contributed by atoms with E-state index in [0.29, 0.717) is 0 Å². The Labute approximate surface area is 116 Å². The Morgan fingerprint density at radius 3 is 2.16 bits per heavy atom. The van der Waals surface area contributed by atoms with Crippen molar-refractivity contribution in [3.05, 3.63) is 35.9 Å². The summed E-state index contributed by atoms with van der Waals surface area (Å²) in [5.74, 6) is 0. The number of likely N-dealkylation sites (tertiary alicyclic amines) is 1. The number of rotatable bonds is 3. The smallest absolute Gasteiger partial charge is 0.0973 e. The minimum atomic E-state index is -0.325. The molecular formula is C17H25NO. The van der Waals surface area contributed by atoms with Gasteiger partial charge in [0, 0.05) is 0 Å². The van der Waals surface area contributed by atoms with Gasteiger partial charge < -0.3 is 5.11 Å². The number of hydrogen-bond donors (Lipinski definition) is 1. The molecule has 2 aliphatic rings. The summed E-state index contributed by atoms with van der Waals surface area (Å²) >= 11 is 0. The predicted octanol–water partition coefficient (Wildman–Crippen LogP) is 3.52. The maximum Gasteiger partial charge on any atom is 0.0973 e. The summed E-state index contributed by atoms with van der Waals surface area (Å²) in [5.41, 5.74) is 1.11. The van der Waals surface area contributed by atoms with Gasteiger partial charge in [-0.15, -0.1) is 0 Å². The summed E-state index contributed by atoms with van der Waals surface area (Å²) in [4.78, 5) is 2.60. The molecule has 0 radical (unpaired) electrons. The zero-order valence-corrected chi connectivity index (χ0v) is 11.7. The summed E-state index contributed by atoms with van der Waals surface area (Å²) < 4.78 is 0. The first kappa shape index (κ1) is 13.1. The molecule has 1 aromatic rings. The average molecular weight is 259 g/mol. The molecule has 3 rings (SSSR count). The summed E-state index contributed by atoms with van der Waals surface area (Å²) in [7, 11) is 0. The van der Waals surface area contributed by atoms with Gasteiger partial charge in [-0.1, -0.05) is 49.6 Å². The third kappa shape index (κ3) is 2.44. The molecule has 1 aromatic carbocycles. The SMILES string of the molecule is OC(c1ccccc1)C1(N2CCCCC2)CCCC1. The lowest BCUT2D eigenvalue weighted by atomic mass is 9.83. The van der Waals surface area contributed by atoms with Gasteiger partial charge in [0.1, 0.15) is 0 Å². The van der Waals surface area contributed by atoms with E-state index in [9.17, 15) is 5.11 Å². The van der Waals surface area contributed by atoms with E-state index >= 15 is 0 Å². The molecule has 0 bridgehead atoms. The van der Waals surface area contributed by atoms with Gasteiger partial charge in [0.25, 0.3) is 0 Å². The topological polar surface area (TPSA) is 23.5 Å². The van der Waals surface area contributed by atoms with Crippen molar-refractivity contribution in [2.24, 2.45) is 0 Å². The van der Waals surface area contributed by atoms with Crippen molar-refractivity contribution < 1.29 is 5.11 Å². The Hall–Kier alpha value is -0.860. The molecule has 19 heavy (non-hydrogen) atoms. The van der Waals surface area contributed by atoms with Crippen LogP contribution in [0, 0.1) is 0 Å². The number of nitrogens with zero attached hydrogens (tertiary/aromatic N) is 1. The molecule has 104 valence electrons. The van der Waals surface area contributed by atoms with Gasteiger partial charge in [0.05, 0.1) is 11.6 Å². The van der Waals surface area contributed by atoms with Gasteiger partial charge in [-0.05, 0) is 44.3 Å². The average Bonchev–Trinajstić information content (AvgIpc) is 2.99. The Bertz CT molecular complexity index is 391. The van der Waals surface area contributed by atoms with E-state index in [1.165, 1.54) is 45.2 Å². The molecule has 1 aliphatic heterocycles. The third-order valence-electron chi connectivity index (χ3n) is 5.08. The van der Waals surface area contributed by atoms with Gasteiger partial charge in [-0.3, -0.25) is 4.90 Å². The Kier molecular flexibility index (Phi) is 3.90. The Morgan fingerprint density at radius 1 is 0.895 bits per heavy atom. The van der Waals surface area contributed by atoms with Crippen LogP contribution < -0.4 is 0 Å². The first-order valence-electron chi connectivity index (χ1n) is 7.81. The van der Waals surface area contributed by atoms with Crippen LogP contribution in [0.15, 0.2) is 30.3 Å². The minimum absolute atomic E-state index is 0.0156. The van der Waals surface area contributed by atoms with Gasteiger partial charge >= 0.3 is 0 Å². The first-order chi connectivity index (χ1) is 9.33. The second-order valence-electron chi connectivity index (χ2n) is 6.17. The fraction of sp³-hybridized carbons (Fsp3) is 0.647. The molecular weight excluding hydrogens is 234 g/mol. The van der Waals surface area contributed by atoms with Crippen LogP contribution in [0.3, 0.4) is 0 Å². The lowest BCUT2D eigenvalue weighted by Gasteiger charge is -2.46. The standard InChI is InChI=1S/C17H25NO/c19-16(15-9-3-1-4-10-15)17(11-5-6-12-17)18-13-7-2-8-14-18/h1,3-4,9-10,16,19H,2,5-8,11-14H2. The summed E-state index contributed by atoms with van der Waals surface area (Å²) in [6.07, 6.45) is 8.46. The fourth-order valence-corrected chi connectivity index (χ4v) is 4.03. The molecule has 1 N–H and O–H groups in total. The Morgan fingerprint density at radius 2 is 1.53 bits per heavy atom. The molecule has 1 atom stereocenters. The zero-order chi connectivity index (χ0) is 13.1. The molecule has 1 saturated carbocycles. The van der Waals surface area contributed by atoms with Crippen molar-refractivity contribution in [3.63, 3.8) is 0 Å². The molecule has 2 fully saturated rings. The molecule has 1 saturated heterocycles. The second-order valence-corrected chi connectivity index (χ2v) is 6.17. The van der Waals surface area contributed by atoms with Gasteiger partial charge in [0.15, 0.2) is 0 Å². The van der Waals surface area contributed by atoms with E-state index in [-0.39, 0.29) is 11.6 Å². The quantitative estimate of drug-likeness (QED) is 0.898. The number of piperidine rings is 1. The van der Waals surface area contributed by atoms with Gasteiger partial charge in [-0.25, -0.2) is 0 Å². The minimum Gasteiger partial charge on any atom is -0.386 e. The fourth-order valence-electron chi connectivity index (χ4n) is 4.03. The number of aliphatic hydroxyl groups is 1. The van der Waals surface area contributed by atoms with Gasteiger partial charge in [-0.2, -0.15) is 0 Å². The molecule has 2 nitrogen and oxygen atoms in total. The van der Waals surface area contributed by atoms with Crippen LogP contribution in [0.25, 0.3) is 0 Å². The molecule has 1 heterocycles. The highest BCUT2D eigenvalue weighted by atomic mass is 16.3. The largest absolute Gasteiger partial charge is 0.386 e. The first-order valence-corrected chi connectivity index (χ1v) is 7.81. The maximum atomic E-state index is 11.0. The summed E-state index contributed by atoms with van der Waals surface area (Å²) in [5, 5.41) is 11.0. The molecule has 2 heteroatoms. The third-order valence-corrected chi connectivity index (χ3v) is 5.08. The monoisotopic (exact) mass is 259 g/mol. The predicted molar refractivity (Wildman–Crippen MR) is 78.0 cm³/mol. The highest BCUT2D eigenvalue weighted by Crippen LogP contribution is 2.45. The van der Waals surface area contributed by atoms with Crippen LogP contribution in [0.5, 0.6) is 0 Å². The number of benzene rings is 1. The van der Waals surface area contributed by atoms with Crippen LogP contribution in [0.2, 0.25) is 0 Å². The van der Waals surface area contributed by atoms with Crippen molar-refractivity contribution in [2.75, 3.05) is 13.1 Å². The van der Waals surface area contributed by atoms with Crippen LogP contribution in [0.1, 0.15) is 56.6 Å². The highest BCUT2D eigenvalue weighted by Gasteiger charge is 2.45. The highest BCUT2D eigenvalue weighted by molar-refractivity contribution is 5.22. The Balaban J connectivity index is 1.87. The second kappa shape index (κ2) is 5.64. The number of hydrogen-bond acceptors (Lipinski definition) is 2. The summed E-state index contributed by atoms with van der Waals surface area (Å²) in [6.45, 7) is 2.34. The van der Waals surface area contributed by atoms with Gasteiger partial charge in [0.2, 0.25) is 0 Å². The van der Waals surface area contributed by atoms with Crippen molar-refractivity contribution in [1.29, 1.82) is 0 Å². The van der Waals surface area contributed by atoms with Crippen molar-refractivity contribution in [3.8, 4) is 0 Å². The number of aliphatic hydroxyl groups excluding tert-OH is 1. The van der Waals surface area contributed by atoms with Crippen LogP contribution in [-0.2, 0) is 0 Å². The maximum absolute atomic E-state index is 11.0.